The van der Waals surface area contributed by atoms with Crippen molar-refractivity contribution in [3.05, 3.63) is 47.5 Å². The van der Waals surface area contributed by atoms with Crippen LogP contribution in [-0.2, 0) is 6.42 Å². The van der Waals surface area contributed by atoms with Crippen molar-refractivity contribution in [3.63, 3.8) is 0 Å². The number of nitrogens with one attached hydrogen (secondary N) is 1. The average Bonchev–Trinajstić information content (AvgIpc) is 2.25. The number of hydrogen-bond acceptors (Lipinski definition) is 1. The first-order valence-corrected chi connectivity index (χ1v) is 6.13. The predicted octanol–water partition coefficient (Wildman–Crippen LogP) is 3.48. The number of aryl methyl sites for hydroxylation is 1. The van der Waals surface area contributed by atoms with Crippen molar-refractivity contribution >= 4 is 0 Å². The first kappa shape index (κ1) is 13.0. The summed E-state index contributed by atoms with van der Waals surface area (Å²) in [6, 6.07) is 9.16. The van der Waals surface area contributed by atoms with E-state index in [-0.39, 0.29) is 0 Å². The number of allylic oxidation sites excluding steroid dienone is 1. The quantitative estimate of drug-likeness (QED) is 0.568. The van der Waals surface area contributed by atoms with Crippen molar-refractivity contribution in [2.45, 2.75) is 39.7 Å². The van der Waals surface area contributed by atoms with E-state index < -0.39 is 0 Å². The van der Waals surface area contributed by atoms with Gasteiger partial charge in [0.05, 0.1) is 0 Å². The Hall–Kier alpha value is -1.08. The third-order valence-electron chi connectivity index (χ3n) is 2.63. The van der Waals surface area contributed by atoms with Crippen LogP contribution in [0.1, 0.15) is 31.4 Å². The lowest BCUT2D eigenvalue weighted by Gasteiger charge is -2.05. The maximum Gasteiger partial charge on any atom is 0.00105 e. The molecule has 0 aromatic heterocycles. The molecule has 0 fully saturated rings. The van der Waals surface area contributed by atoms with Crippen LogP contribution in [0.15, 0.2) is 36.4 Å². The van der Waals surface area contributed by atoms with Crippen molar-refractivity contribution in [1.29, 1.82) is 0 Å². The number of hydrogen-bond donors (Lipinski definition) is 1. The first-order valence-electron chi connectivity index (χ1n) is 6.13. The maximum absolute atomic E-state index is 3.40. The Morgan fingerprint density at radius 3 is 2.62 bits per heavy atom. The van der Waals surface area contributed by atoms with Crippen LogP contribution in [0.2, 0.25) is 0 Å². The van der Waals surface area contributed by atoms with Gasteiger partial charge in [-0.3, -0.25) is 0 Å². The van der Waals surface area contributed by atoms with Gasteiger partial charge in [-0.1, -0.05) is 50.3 Å². The molecule has 0 atom stereocenters. The molecule has 88 valence electrons. The molecule has 0 aliphatic carbocycles. The van der Waals surface area contributed by atoms with Gasteiger partial charge in [0.2, 0.25) is 0 Å². The molecule has 0 aliphatic heterocycles. The summed E-state index contributed by atoms with van der Waals surface area (Å²) >= 11 is 0. The summed E-state index contributed by atoms with van der Waals surface area (Å²) in [4.78, 5) is 0. The van der Waals surface area contributed by atoms with Gasteiger partial charge >= 0.3 is 0 Å². The Morgan fingerprint density at radius 2 is 1.94 bits per heavy atom. The minimum atomic E-state index is 0.588. The predicted molar refractivity (Wildman–Crippen MR) is 71.8 cm³/mol. The summed E-state index contributed by atoms with van der Waals surface area (Å²) in [6.07, 6.45) is 6.70. The first-order chi connectivity index (χ1) is 7.70. The van der Waals surface area contributed by atoms with E-state index in [1.54, 1.807) is 0 Å². The van der Waals surface area contributed by atoms with Gasteiger partial charge in [-0.25, -0.2) is 0 Å². The smallest absolute Gasteiger partial charge is 0.00105 e. The monoisotopic (exact) mass is 217 g/mol. The van der Waals surface area contributed by atoms with Gasteiger partial charge in [-0.05, 0) is 37.4 Å². The van der Waals surface area contributed by atoms with Gasteiger partial charge < -0.3 is 5.32 Å². The highest BCUT2D eigenvalue weighted by Gasteiger charge is 1.93. The Morgan fingerprint density at radius 1 is 1.19 bits per heavy atom. The van der Waals surface area contributed by atoms with Gasteiger partial charge in [-0.2, -0.15) is 0 Å². The zero-order chi connectivity index (χ0) is 11.8. The average molecular weight is 217 g/mol. The molecule has 1 aromatic rings. The molecule has 0 bridgehead atoms. The van der Waals surface area contributed by atoms with E-state index in [2.05, 4.69) is 62.5 Å². The van der Waals surface area contributed by atoms with Crippen LogP contribution >= 0.6 is 0 Å². The molecular formula is C15H23N. The highest BCUT2D eigenvalue weighted by Crippen LogP contribution is 2.08. The van der Waals surface area contributed by atoms with Gasteiger partial charge in [0.15, 0.2) is 0 Å². The van der Waals surface area contributed by atoms with Crippen LogP contribution in [0.5, 0.6) is 0 Å². The highest BCUT2D eigenvalue weighted by molar-refractivity contribution is 5.27. The zero-order valence-corrected chi connectivity index (χ0v) is 10.7. The second kappa shape index (κ2) is 7.24. The molecule has 0 spiro atoms. The molecule has 16 heavy (non-hydrogen) atoms. The zero-order valence-electron chi connectivity index (χ0n) is 10.7. The van der Waals surface area contributed by atoms with Gasteiger partial charge in [0.25, 0.3) is 0 Å². The third kappa shape index (κ3) is 5.13. The van der Waals surface area contributed by atoms with Crippen LogP contribution in [0.3, 0.4) is 0 Å². The Bertz CT molecular complexity index is 326. The van der Waals surface area contributed by atoms with Crippen molar-refractivity contribution in [1.82, 2.24) is 5.32 Å². The minimum Gasteiger partial charge on any atom is -0.314 e. The van der Waals surface area contributed by atoms with Crippen molar-refractivity contribution in [2.75, 3.05) is 6.54 Å². The SMILES string of the molecule is Cc1ccccc1CC=CCCNC(C)C. The molecule has 0 saturated heterocycles. The molecule has 1 aromatic carbocycles. The molecule has 1 N–H and O–H groups in total. The van der Waals surface area contributed by atoms with Crippen LogP contribution < -0.4 is 5.32 Å². The largest absolute Gasteiger partial charge is 0.314 e. The van der Waals surface area contributed by atoms with Gasteiger partial charge in [-0.15, -0.1) is 0 Å². The van der Waals surface area contributed by atoms with Crippen molar-refractivity contribution in [3.8, 4) is 0 Å². The number of rotatable bonds is 6. The molecule has 0 heterocycles. The van der Waals surface area contributed by atoms with E-state index in [1.807, 2.05) is 0 Å². The van der Waals surface area contributed by atoms with Crippen molar-refractivity contribution in [2.24, 2.45) is 0 Å². The summed E-state index contributed by atoms with van der Waals surface area (Å²) in [5.41, 5.74) is 2.81. The van der Waals surface area contributed by atoms with Gasteiger partial charge in [0, 0.05) is 6.04 Å². The van der Waals surface area contributed by atoms with Crippen LogP contribution in [-0.4, -0.2) is 12.6 Å². The number of benzene rings is 1. The fourth-order valence-electron chi connectivity index (χ4n) is 1.62. The van der Waals surface area contributed by atoms with Crippen LogP contribution in [0.25, 0.3) is 0 Å². The second-order valence-electron chi connectivity index (χ2n) is 4.50. The molecule has 1 nitrogen and oxygen atoms in total. The minimum absolute atomic E-state index is 0.588. The molecule has 0 unspecified atom stereocenters. The molecular weight excluding hydrogens is 194 g/mol. The lowest BCUT2D eigenvalue weighted by molar-refractivity contribution is 0.594. The molecule has 0 saturated carbocycles. The molecule has 1 rings (SSSR count). The fourth-order valence-corrected chi connectivity index (χ4v) is 1.62. The summed E-state index contributed by atoms with van der Waals surface area (Å²) < 4.78 is 0. The van der Waals surface area contributed by atoms with Crippen LogP contribution in [0, 0.1) is 6.92 Å². The summed E-state index contributed by atoms with van der Waals surface area (Å²) in [5, 5.41) is 3.40. The van der Waals surface area contributed by atoms with Crippen LogP contribution in [0.4, 0.5) is 0 Å². The Balaban J connectivity index is 2.24. The lowest BCUT2D eigenvalue weighted by Crippen LogP contribution is -2.23. The Kier molecular flexibility index (Phi) is 5.87. The summed E-state index contributed by atoms with van der Waals surface area (Å²) in [7, 11) is 0. The van der Waals surface area contributed by atoms with E-state index in [1.165, 1.54) is 11.1 Å². The van der Waals surface area contributed by atoms with E-state index in [0.717, 1.165) is 19.4 Å². The molecule has 0 amide bonds. The van der Waals surface area contributed by atoms with E-state index >= 15 is 0 Å². The van der Waals surface area contributed by atoms with Gasteiger partial charge in [0.1, 0.15) is 0 Å². The molecule has 1 heteroatoms. The maximum atomic E-state index is 3.40. The lowest BCUT2D eigenvalue weighted by atomic mass is 10.1. The van der Waals surface area contributed by atoms with E-state index in [0.29, 0.717) is 6.04 Å². The second-order valence-corrected chi connectivity index (χ2v) is 4.50. The molecule has 0 radical (unpaired) electrons. The summed E-state index contributed by atoms with van der Waals surface area (Å²) in [5.74, 6) is 0. The van der Waals surface area contributed by atoms with E-state index in [4.69, 9.17) is 0 Å². The standard InChI is InChI=1S/C15H23N/c1-13(2)16-12-8-4-5-10-15-11-7-6-9-14(15)3/h4-7,9,11,13,16H,8,10,12H2,1-3H3. The summed E-state index contributed by atoms with van der Waals surface area (Å²) in [6.45, 7) is 7.60. The topological polar surface area (TPSA) is 12.0 Å². The fraction of sp³-hybridized carbons (Fsp3) is 0.467. The Labute approximate surface area is 99.6 Å². The third-order valence-corrected chi connectivity index (χ3v) is 2.63. The van der Waals surface area contributed by atoms with Crippen molar-refractivity contribution < 1.29 is 0 Å². The molecule has 0 aliphatic rings. The van der Waals surface area contributed by atoms with E-state index in [9.17, 15) is 0 Å². The normalized spacial score (nSPS) is 11.5. The highest BCUT2D eigenvalue weighted by atomic mass is 14.9.